The van der Waals surface area contributed by atoms with Gasteiger partial charge in [-0.15, -0.1) is 0 Å². The monoisotopic (exact) mass is 1420 g/mol. The third-order valence-corrected chi connectivity index (χ3v) is 20.6. The van der Waals surface area contributed by atoms with Crippen molar-refractivity contribution >= 4 is 17.9 Å². The van der Waals surface area contributed by atoms with Gasteiger partial charge in [-0.25, -0.2) is 4.79 Å². The topological polar surface area (TPSA) is 108 Å². The van der Waals surface area contributed by atoms with Crippen LogP contribution < -0.4 is 0 Å². The van der Waals surface area contributed by atoms with Crippen LogP contribution in [0, 0.1) is 0 Å². The van der Waals surface area contributed by atoms with Crippen LogP contribution in [0.5, 0.6) is 0 Å². The molecule has 9 nitrogen and oxygen atoms in total. The molecule has 0 aromatic heterocycles. The second-order valence-electron chi connectivity index (χ2n) is 31.9. The van der Waals surface area contributed by atoms with Crippen molar-refractivity contribution in [2.75, 3.05) is 47.5 Å². The van der Waals surface area contributed by atoms with Gasteiger partial charge >= 0.3 is 17.9 Å². The highest BCUT2D eigenvalue weighted by atomic mass is 16.7. The summed E-state index contributed by atoms with van der Waals surface area (Å²) in [5.41, 5.74) is 0. The Morgan fingerprint density at radius 3 is 0.842 bits per heavy atom. The SMILES string of the molecule is CC/C=C\C/C=C\C/C=C\C/C=C\CCCCCCCCCCCCCCCCCCCCCCCCCCC(=O)OC(COC(=O)CCCCCCCCCCCCCCCCCCCCCCCCCCCCCCCCCCCCCCCCC)COC(OCC[N+](C)(C)C)C(=O)O. The molecular formula is C92H174NO8+. The zero-order chi connectivity index (χ0) is 73.2. The fourth-order valence-electron chi connectivity index (χ4n) is 13.8. The van der Waals surface area contributed by atoms with Crippen molar-refractivity contribution in [3.63, 3.8) is 0 Å². The fraction of sp³-hybridized carbons (Fsp3) is 0.880. The molecule has 0 rings (SSSR count). The van der Waals surface area contributed by atoms with Gasteiger partial charge in [0.2, 0.25) is 0 Å². The van der Waals surface area contributed by atoms with Gasteiger partial charge in [-0.05, 0) is 51.4 Å². The molecule has 2 atom stereocenters. The van der Waals surface area contributed by atoms with E-state index in [9.17, 15) is 19.5 Å². The molecule has 0 bridgehead atoms. The standard InChI is InChI=1S/C92H173NO8/c1-6-8-10-12-14-16-18-20-22-24-26-28-30-32-34-36-38-40-42-44-45-47-48-50-52-54-56-58-60-62-64-66-68-70-72-74-76-78-80-82-89(94)99-86-88(87-100-92(91(96)97)98-85-84-93(3,4)5)101-90(95)83-81-79-77-75-73-71-69-67-65-63-61-59-57-55-53-51-49-46-43-41-39-37-35-33-31-29-27-25-23-21-19-17-15-13-11-9-7-2/h9,11,15,17,21,23,27,29,88,92H,6-8,10,12-14,16,18-20,22,24-26,28,30-87H2,1-5H3/p+1/b11-9-,17-15-,23-21-,29-27-. The maximum absolute atomic E-state index is 13.0. The highest BCUT2D eigenvalue weighted by Gasteiger charge is 2.25. The number of likely N-dealkylation sites (N-methyl/N-ethyl adjacent to an activating group) is 1. The Morgan fingerprint density at radius 1 is 0.307 bits per heavy atom. The zero-order valence-electron chi connectivity index (χ0n) is 68.4. The molecule has 0 saturated carbocycles. The van der Waals surface area contributed by atoms with Gasteiger partial charge in [0.15, 0.2) is 6.10 Å². The molecule has 0 aliphatic rings. The van der Waals surface area contributed by atoms with E-state index < -0.39 is 18.4 Å². The van der Waals surface area contributed by atoms with Gasteiger partial charge in [-0.1, -0.05) is 448 Å². The summed E-state index contributed by atoms with van der Waals surface area (Å²) in [6.07, 6.45) is 108. The van der Waals surface area contributed by atoms with E-state index in [0.29, 0.717) is 17.4 Å². The van der Waals surface area contributed by atoms with Crippen LogP contribution in [0.1, 0.15) is 463 Å². The molecule has 0 amide bonds. The van der Waals surface area contributed by atoms with Crippen molar-refractivity contribution in [3.8, 4) is 0 Å². The number of nitrogens with zero attached hydrogens (tertiary/aromatic N) is 1. The fourth-order valence-corrected chi connectivity index (χ4v) is 13.8. The van der Waals surface area contributed by atoms with Crippen molar-refractivity contribution in [2.45, 2.75) is 476 Å². The molecule has 0 aromatic carbocycles. The first-order valence-corrected chi connectivity index (χ1v) is 44.8. The second-order valence-corrected chi connectivity index (χ2v) is 31.9. The van der Waals surface area contributed by atoms with Crippen LogP contribution in [0.25, 0.3) is 0 Å². The van der Waals surface area contributed by atoms with Crippen LogP contribution in [0.15, 0.2) is 48.6 Å². The first-order chi connectivity index (χ1) is 49.6. The molecule has 0 saturated heterocycles. The molecule has 594 valence electrons. The number of aliphatic carboxylic acids is 1. The van der Waals surface area contributed by atoms with Crippen molar-refractivity contribution < 1.29 is 42.9 Å². The Labute approximate surface area is 629 Å². The number of hydrogen-bond acceptors (Lipinski definition) is 7. The smallest absolute Gasteiger partial charge is 0.361 e. The predicted molar refractivity (Wildman–Crippen MR) is 438 cm³/mol. The number of unbranched alkanes of at least 4 members (excludes halogenated alkanes) is 62. The summed E-state index contributed by atoms with van der Waals surface area (Å²) in [7, 11) is 6.01. The Hall–Kier alpha value is -2.75. The Morgan fingerprint density at radius 2 is 0.564 bits per heavy atom. The van der Waals surface area contributed by atoms with Crippen molar-refractivity contribution in [3.05, 3.63) is 48.6 Å². The van der Waals surface area contributed by atoms with Crippen LogP contribution in [0.2, 0.25) is 0 Å². The average Bonchev–Trinajstić information content (AvgIpc) is 1.25. The van der Waals surface area contributed by atoms with Crippen LogP contribution in [-0.2, 0) is 33.3 Å². The number of esters is 2. The zero-order valence-corrected chi connectivity index (χ0v) is 68.4. The lowest BCUT2D eigenvalue weighted by Gasteiger charge is -2.25. The summed E-state index contributed by atoms with van der Waals surface area (Å²) in [5, 5.41) is 9.79. The van der Waals surface area contributed by atoms with Crippen LogP contribution in [-0.4, -0.2) is 87.4 Å². The van der Waals surface area contributed by atoms with Gasteiger partial charge in [0.05, 0.1) is 34.4 Å². The number of carbonyl (C=O) groups is 3. The lowest BCUT2D eigenvalue weighted by molar-refractivity contribution is -0.870. The summed E-state index contributed by atoms with van der Waals surface area (Å²) in [5.74, 6) is -1.97. The molecule has 0 aliphatic carbocycles. The Kier molecular flexibility index (Phi) is 80.6. The number of carboxylic acids is 1. The average molecular weight is 1420 g/mol. The number of hydrogen-bond donors (Lipinski definition) is 1. The minimum Gasteiger partial charge on any atom is -0.477 e. The summed E-state index contributed by atoms with van der Waals surface area (Å²) < 4.78 is 23.1. The lowest BCUT2D eigenvalue weighted by Crippen LogP contribution is -2.40. The van der Waals surface area contributed by atoms with Gasteiger partial charge in [-0.2, -0.15) is 0 Å². The first kappa shape index (κ1) is 98.2. The number of ether oxygens (including phenoxy) is 4. The Balaban J connectivity index is 3.89. The van der Waals surface area contributed by atoms with Gasteiger partial charge < -0.3 is 28.5 Å². The molecular weight excluding hydrogens is 1250 g/mol. The summed E-state index contributed by atoms with van der Waals surface area (Å²) in [4.78, 5) is 37.8. The maximum atomic E-state index is 13.0. The maximum Gasteiger partial charge on any atom is 0.361 e. The van der Waals surface area contributed by atoms with Crippen LogP contribution >= 0.6 is 0 Å². The van der Waals surface area contributed by atoms with E-state index in [2.05, 4.69) is 62.5 Å². The van der Waals surface area contributed by atoms with E-state index in [0.717, 1.165) is 64.2 Å². The normalized spacial score (nSPS) is 12.8. The molecule has 1 N–H and O–H groups in total. The highest BCUT2D eigenvalue weighted by Crippen LogP contribution is 2.21. The molecule has 0 radical (unpaired) electrons. The minimum absolute atomic E-state index is 0.175. The number of carbonyl (C=O) groups excluding carboxylic acids is 2. The molecule has 0 aromatic rings. The second kappa shape index (κ2) is 82.9. The molecule has 0 fully saturated rings. The van der Waals surface area contributed by atoms with E-state index in [1.165, 1.54) is 372 Å². The van der Waals surface area contributed by atoms with Crippen molar-refractivity contribution in [1.82, 2.24) is 0 Å². The molecule has 0 heterocycles. The van der Waals surface area contributed by atoms with Gasteiger partial charge in [0.1, 0.15) is 13.2 Å². The summed E-state index contributed by atoms with van der Waals surface area (Å²) in [6, 6.07) is 0. The summed E-state index contributed by atoms with van der Waals surface area (Å²) >= 11 is 0. The lowest BCUT2D eigenvalue weighted by atomic mass is 10.0. The molecule has 9 heteroatoms. The van der Waals surface area contributed by atoms with Gasteiger partial charge in [-0.3, -0.25) is 9.59 Å². The molecule has 0 aliphatic heterocycles. The van der Waals surface area contributed by atoms with Crippen LogP contribution in [0.3, 0.4) is 0 Å². The van der Waals surface area contributed by atoms with E-state index >= 15 is 0 Å². The number of quaternary nitrogens is 1. The van der Waals surface area contributed by atoms with Crippen molar-refractivity contribution in [1.29, 1.82) is 0 Å². The number of carboxylic acid groups (broad SMARTS) is 1. The van der Waals surface area contributed by atoms with Crippen molar-refractivity contribution in [2.24, 2.45) is 0 Å². The van der Waals surface area contributed by atoms with E-state index in [1.807, 2.05) is 21.1 Å². The quantitative estimate of drug-likeness (QED) is 0.0211. The Bertz CT molecular complexity index is 1800. The van der Waals surface area contributed by atoms with Crippen LogP contribution in [0.4, 0.5) is 0 Å². The number of allylic oxidation sites excluding steroid dienone is 8. The van der Waals surface area contributed by atoms with E-state index in [1.54, 1.807) is 0 Å². The first-order valence-electron chi connectivity index (χ1n) is 44.8. The summed E-state index contributed by atoms with van der Waals surface area (Å²) in [6.45, 7) is 4.86. The van der Waals surface area contributed by atoms with E-state index in [-0.39, 0.29) is 38.2 Å². The van der Waals surface area contributed by atoms with Gasteiger partial charge in [0.25, 0.3) is 6.29 Å². The molecule has 101 heavy (non-hydrogen) atoms. The highest BCUT2D eigenvalue weighted by molar-refractivity contribution is 5.71. The third kappa shape index (κ3) is 84.4. The largest absolute Gasteiger partial charge is 0.477 e. The van der Waals surface area contributed by atoms with E-state index in [4.69, 9.17) is 18.9 Å². The predicted octanol–water partition coefficient (Wildman–Crippen LogP) is 29.2. The molecule has 0 spiro atoms. The number of rotatable bonds is 85. The minimum atomic E-state index is -1.51. The third-order valence-electron chi connectivity index (χ3n) is 20.6. The molecule has 2 unspecified atom stereocenters. The van der Waals surface area contributed by atoms with Gasteiger partial charge in [0, 0.05) is 12.8 Å².